The summed E-state index contributed by atoms with van der Waals surface area (Å²) in [7, 11) is 1.48. The summed E-state index contributed by atoms with van der Waals surface area (Å²) in [5.74, 6) is -0.137. The Hall–Kier alpha value is -3.48. The highest BCUT2D eigenvalue weighted by molar-refractivity contribution is 6.35. The Bertz CT molecular complexity index is 1010. The van der Waals surface area contributed by atoms with Crippen molar-refractivity contribution in [2.24, 2.45) is 5.92 Å². The lowest BCUT2D eigenvalue weighted by Crippen LogP contribution is -2.38. The topological polar surface area (TPSA) is 83.8 Å². The summed E-state index contributed by atoms with van der Waals surface area (Å²) >= 11 is 0. The maximum Gasteiger partial charge on any atom is 0.277 e. The van der Waals surface area contributed by atoms with E-state index < -0.39 is 4.92 Å². The van der Waals surface area contributed by atoms with Crippen molar-refractivity contribution in [3.63, 3.8) is 0 Å². The van der Waals surface area contributed by atoms with Gasteiger partial charge in [0.1, 0.15) is 5.70 Å². The lowest BCUT2D eigenvalue weighted by atomic mass is 9.89. The van der Waals surface area contributed by atoms with E-state index in [0.717, 1.165) is 24.2 Å². The van der Waals surface area contributed by atoms with Gasteiger partial charge in [0, 0.05) is 32.3 Å². The van der Waals surface area contributed by atoms with E-state index in [1.54, 1.807) is 12.1 Å². The molecular weight excluding hydrogens is 382 g/mol. The minimum atomic E-state index is -0.482. The molecule has 0 aliphatic carbocycles. The van der Waals surface area contributed by atoms with E-state index in [-0.39, 0.29) is 17.5 Å². The molecule has 4 rings (SSSR count). The van der Waals surface area contributed by atoms with Crippen LogP contribution in [-0.4, -0.2) is 46.7 Å². The second-order valence-electron chi connectivity index (χ2n) is 7.82. The molecule has 1 saturated heterocycles. The largest absolute Gasteiger partial charge is 0.366 e. The first-order chi connectivity index (χ1) is 14.5. The number of non-ortho nitro benzene ring substituents is 1. The summed E-state index contributed by atoms with van der Waals surface area (Å²) < 4.78 is 0. The van der Waals surface area contributed by atoms with Crippen LogP contribution in [-0.2, 0) is 16.0 Å². The maximum absolute atomic E-state index is 12.8. The summed E-state index contributed by atoms with van der Waals surface area (Å²) in [6.45, 7) is 1.41. The summed E-state index contributed by atoms with van der Waals surface area (Å²) in [4.78, 5) is 39.2. The number of likely N-dealkylation sites (N-methyl/N-ethyl adjacent to an activating group) is 1. The van der Waals surface area contributed by atoms with Crippen molar-refractivity contribution < 1.29 is 14.5 Å². The van der Waals surface area contributed by atoms with E-state index >= 15 is 0 Å². The average Bonchev–Trinajstić information content (AvgIpc) is 2.99. The number of piperidine rings is 1. The molecule has 2 aromatic rings. The number of nitrogens with zero attached hydrogens (tertiary/aromatic N) is 3. The molecule has 0 aromatic heterocycles. The van der Waals surface area contributed by atoms with Crippen molar-refractivity contribution in [1.29, 1.82) is 0 Å². The van der Waals surface area contributed by atoms with Crippen LogP contribution in [0.2, 0.25) is 0 Å². The molecular formula is C23H23N3O4. The Balaban J connectivity index is 1.56. The number of likely N-dealkylation sites (tertiary alicyclic amines) is 1. The normalized spacial score (nSPS) is 17.8. The van der Waals surface area contributed by atoms with Crippen LogP contribution in [0, 0.1) is 16.0 Å². The van der Waals surface area contributed by atoms with Gasteiger partial charge in [-0.2, -0.15) is 0 Å². The van der Waals surface area contributed by atoms with E-state index in [0.29, 0.717) is 35.8 Å². The standard InChI is InChI=1S/C23H23N3O4/c1-24-22(27)20(18-7-9-19(10-8-18)26(29)30)21(23(24)28)25-13-11-17(12-14-25)15-16-5-3-2-4-6-16/h2-10,17H,11-15H2,1H3. The number of hydrogen-bond donors (Lipinski definition) is 0. The van der Waals surface area contributed by atoms with E-state index in [1.165, 1.54) is 24.7 Å². The van der Waals surface area contributed by atoms with Gasteiger partial charge < -0.3 is 4.90 Å². The van der Waals surface area contributed by atoms with Crippen molar-refractivity contribution in [2.75, 3.05) is 20.1 Å². The first kappa shape index (κ1) is 19.8. The maximum atomic E-state index is 12.8. The fourth-order valence-electron chi connectivity index (χ4n) is 4.24. The summed E-state index contributed by atoms with van der Waals surface area (Å²) in [6, 6.07) is 16.2. The predicted molar refractivity (Wildman–Crippen MR) is 112 cm³/mol. The van der Waals surface area contributed by atoms with Gasteiger partial charge in [-0.1, -0.05) is 30.3 Å². The molecule has 2 heterocycles. The highest BCUT2D eigenvalue weighted by Crippen LogP contribution is 2.34. The van der Waals surface area contributed by atoms with Crippen LogP contribution in [0.15, 0.2) is 60.3 Å². The molecule has 2 aliphatic rings. The SMILES string of the molecule is CN1C(=O)C(c2ccc([N+](=O)[O-])cc2)=C(N2CCC(Cc3ccccc3)CC2)C1=O. The third kappa shape index (κ3) is 3.70. The molecule has 30 heavy (non-hydrogen) atoms. The third-order valence-electron chi connectivity index (χ3n) is 5.93. The number of imide groups is 1. The lowest BCUT2D eigenvalue weighted by molar-refractivity contribution is -0.384. The molecule has 2 amide bonds. The van der Waals surface area contributed by atoms with Gasteiger partial charge in [-0.3, -0.25) is 24.6 Å². The summed E-state index contributed by atoms with van der Waals surface area (Å²) in [6.07, 6.45) is 2.89. The molecule has 0 saturated carbocycles. The Kier molecular flexibility index (Phi) is 5.35. The average molecular weight is 405 g/mol. The number of nitro groups is 1. The molecule has 7 nitrogen and oxygen atoms in total. The second-order valence-corrected chi connectivity index (χ2v) is 7.82. The van der Waals surface area contributed by atoms with Crippen LogP contribution in [0.1, 0.15) is 24.0 Å². The Morgan fingerprint density at radius 2 is 1.60 bits per heavy atom. The minimum Gasteiger partial charge on any atom is -0.366 e. The van der Waals surface area contributed by atoms with E-state index in [2.05, 4.69) is 12.1 Å². The van der Waals surface area contributed by atoms with Crippen molar-refractivity contribution >= 4 is 23.1 Å². The van der Waals surface area contributed by atoms with Crippen molar-refractivity contribution in [3.05, 3.63) is 81.5 Å². The summed E-state index contributed by atoms with van der Waals surface area (Å²) in [5, 5.41) is 10.9. The van der Waals surface area contributed by atoms with Gasteiger partial charge in [0.15, 0.2) is 0 Å². The van der Waals surface area contributed by atoms with Crippen molar-refractivity contribution in [2.45, 2.75) is 19.3 Å². The quantitative estimate of drug-likeness (QED) is 0.433. The zero-order chi connectivity index (χ0) is 21.3. The number of nitro benzene ring substituents is 1. The lowest BCUT2D eigenvalue weighted by Gasteiger charge is -2.34. The Morgan fingerprint density at radius 1 is 0.967 bits per heavy atom. The number of benzene rings is 2. The first-order valence-corrected chi connectivity index (χ1v) is 10.1. The molecule has 0 unspecified atom stereocenters. The summed E-state index contributed by atoms with van der Waals surface area (Å²) in [5.41, 5.74) is 2.54. The molecule has 1 fully saturated rings. The third-order valence-corrected chi connectivity index (χ3v) is 5.93. The molecule has 0 bridgehead atoms. The smallest absolute Gasteiger partial charge is 0.277 e. The fourth-order valence-corrected chi connectivity index (χ4v) is 4.24. The van der Waals surface area contributed by atoms with Gasteiger partial charge in [0.25, 0.3) is 17.5 Å². The van der Waals surface area contributed by atoms with Crippen LogP contribution >= 0.6 is 0 Å². The number of carbonyl (C=O) groups is 2. The van der Waals surface area contributed by atoms with Crippen molar-refractivity contribution in [1.82, 2.24) is 9.80 Å². The van der Waals surface area contributed by atoms with Crippen LogP contribution in [0.25, 0.3) is 5.57 Å². The second kappa shape index (κ2) is 8.10. The fraction of sp³-hybridized carbons (Fsp3) is 0.304. The van der Waals surface area contributed by atoms with Gasteiger partial charge in [0.2, 0.25) is 0 Å². The number of carbonyl (C=O) groups excluding carboxylic acids is 2. The van der Waals surface area contributed by atoms with Crippen LogP contribution < -0.4 is 0 Å². The van der Waals surface area contributed by atoms with E-state index in [9.17, 15) is 19.7 Å². The van der Waals surface area contributed by atoms with Crippen molar-refractivity contribution in [3.8, 4) is 0 Å². The number of amides is 2. The minimum absolute atomic E-state index is 0.0484. The van der Waals surface area contributed by atoms with Gasteiger partial charge >= 0.3 is 0 Å². The predicted octanol–water partition coefficient (Wildman–Crippen LogP) is 3.26. The molecule has 0 N–H and O–H groups in total. The molecule has 0 radical (unpaired) electrons. The Morgan fingerprint density at radius 3 is 2.20 bits per heavy atom. The molecule has 0 atom stereocenters. The number of hydrogen-bond acceptors (Lipinski definition) is 5. The van der Waals surface area contributed by atoms with Gasteiger partial charge in [0.05, 0.1) is 10.5 Å². The zero-order valence-corrected chi connectivity index (χ0v) is 16.8. The molecule has 7 heteroatoms. The van der Waals surface area contributed by atoms with Crippen LogP contribution in [0.3, 0.4) is 0 Å². The Labute approximate surface area is 174 Å². The van der Waals surface area contributed by atoms with Crippen LogP contribution in [0.5, 0.6) is 0 Å². The highest BCUT2D eigenvalue weighted by atomic mass is 16.6. The zero-order valence-electron chi connectivity index (χ0n) is 16.8. The first-order valence-electron chi connectivity index (χ1n) is 10.1. The van der Waals surface area contributed by atoms with Gasteiger partial charge in [-0.15, -0.1) is 0 Å². The molecule has 2 aliphatic heterocycles. The monoisotopic (exact) mass is 405 g/mol. The molecule has 2 aromatic carbocycles. The highest BCUT2D eigenvalue weighted by Gasteiger charge is 2.40. The van der Waals surface area contributed by atoms with E-state index in [1.807, 2.05) is 23.1 Å². The van der Waals surface area contributed by atoms with Gasteiger partial charge in [-0.25, -0.2) is 0 Å². The molecule has 0 spiro atoms. The number of rotatable bonds is 5. The van der Waals surface area contributed by atoms with Gasteiger partial charge in [-0.05, 0) is 48.4 Å². The molecule has 154 valence electrons. The van der Waals surface area contributed by atoms with E-state index in [4.69, 9.17) is 0 Å². The van der Waals surface area contributed by atoms with Crippen LogP contribution in [0.4, 0.5) is 5.69 Å².